The highest BCUT2D eigenvalue weighted by atomic mass is 35.5. The largest absolute Gasteiger partial charge is 0.494 e. The Bertz CT molecular complexity index is 1330. The minimum Gasteiger partial charge on any atom is -0.494 e. The maximum Gasteiger partial charge on any atom is 0.270 e. The molecule has 4 rings (SSSR count). The van der Waals surface area contributed by atoms with Crippen molar-refractivity contribution in [2.24, 2.45) is 4.99 Å². The van der Waals surface area contributed by atoms with Crippen LogP contribution in [0.4, 0.5) is 11.4 Å². The summed E-state index contributed by atoms with van der Waals surface area (Å²) in [4.78, 5) is 20.6. The third-order valence-electron chi connectivity index (χ3n) is 4.98. The maximum absolute atomic E-state index is 11.3. The Hall–Kier alpha value is -3.68. The SMILES string of the molecule is CN(C)Cc1ccc(N=C(c2cccc(Cl)c2)c2c(O)[nH]c3ccc([N+](=O)[O-])cc23)cc1. The number of aromatic amines is 1. The number of nitrogens with one attached hydrogen (secondary N) is 1. The first-order valence-electron chi connectivity index (χ1n) is 9.89. The molecule has 0 saturated carbocycles. The van der Waals surface area contributed by atoms with Crippen molar-refractivity contribution in [3.8, 4) is 5.88 Å². The number of nitro groups is 1. The molecule has 162 valence electrons. The number of aromatic nitrogens is 1. The van der Waals surface area contributed by atoms with Crippen molar-refractivity contribution in [3.63, 3.8) is 0 Å². The maximum atomic E-state index is 11.3. The van der Waals surface area contributed by atoms with E-state index in [2.05, 4.69) is 9.88 Å². The number of aromatic hydroxyl groups is 1. The minimum atomic E-state index is -0.465. The molecule has 2 N–H and O–H groups in total. The lowest BCUT2D eigenvalue weighted by Gasteiger charge is -2.11. The molecular formula is C24H21ClN4O3. The van der Waals surface area contributed by atoms with Crippen LogP contribution < -0.4 is 0 Å². The molecule has 0 spiro atoms. The zero-order valence-electron chi connectivity index (χ0n) is 17.5. The molecule has 3 aromatic carbocycles. The highest BCUT2D eigenvalue weighted by molar-refractivity contribution is 6.31. The Morgan fingerprint density at radius 3 is 2.53 bits per heavy atom. The van der Waals surface area contributed by atoms with Crippen LogP contribution in [-0.4, -0.2) is 39.7 Å². The number of nitro benzene ring substituents is 1. The molecule has 0 bridgehead atoms. The van der Waals surface area contributed by atoms with Crippen molar-refractivity contribution < 1.29 is 10.0 Å². The van der Waals surface area contributed by atoms with Gasteiger partial charge in [-0.25, -0.2) is 4.99 Å². The van der Waals surface area contributed by atoms with Crippen LogP contribution >= 0.6 is 11.6 Å². The molecular weight excluding hydrogens is 428 g/mol. The monoisotopic (exact) mass is 448 g/mol. The number of non-ortho nitro benzene ring substituents is 1. The molecule has 4 aromatic rings. The molecule has 0 amide bonds. The molecule has 0 atom stereocenters. The van der Waals surface area contributed by atoms with Crippen molar-refractivity contribution in [2.45, 2.75) is 6.54 Å². The number of nitrogens with zero attached hydrogens (tertiary/aromatic N) is 3. The summed E-state index contributed by atoms with van der Waals surface area (Å²) < 4.78 is 0. The molecule has 0 aliphatic carbocycles. The third-order valence-corrected chi connectivity index (χ3v) is 5.22. The number of fused-ring (bicyclic) bond motifs is 1. The van der Waals surface area contributed by atoms with E-state index in [0.29, 0.717) is 38.5 Å². The summed E-state index contributed by atoms with van der Waals surface area (Å²) in [6.45, 7) is 0.804. The molecule has 8 heteroatoms. The average molecular weight is 449 g/mol. The first-order chi connectivity index (χ1) is 15.3. The predicted octanol–water partition coefficient (Wildman–Crippen LogP) is 5.67. The normalized spacial score (nSPS) is 11.9. The van der Waals surface area contributed by atoms with Gasteiger partial charge < -0.3 is 15.0 Å². The van der Waals surface area contributed by atoms with Crippen molar-refractivity contribution >= 4 is 39.6 Å². The Labute approximate surface area is 189 Å². The lowest BCUT2D eigenvalue weighted by Crippen LogP contribution is -2.10. The lowest BCUT2D eigenvalue weighted by atomic mass is 10.0. The van der Waals surface area contributed by atoms with Crippen LogP contribution in [0.15, 0.2) is 71.7 Å². The highest BCUT2D eigenvalue weighted by Gasteiger charge is 2.21. The standard InChI is InChI=1S/C24H21ClN4O3/c1-28(2)14-15-6-8-18(9-7-15)26-23(16-4-3-5-17(25)12-16)22-20-13-19(29(31)32)10-11-21(20)27-24(22)30/h3-13,27,30H,14H2,1-2H3. The summed E-state index contributed by atoms with van der Waals surface area (Å²) in [5.41, 5.74) is 3.83. The molecule has 7 nitrogen and oxygen atoms in total. The summed E-state index contributed by atoms with van der Waals surface area (Å²) in [6, 6.07) is 19.3. The Morgan fingerprint density at radius 1 is 1.12 bits per heavy atom. The molecule has 0 saturated heterocycles. The highest BCUT2D eigenvalue weighted by Crippen LogP contribution is 2.34. The fraction of sp³-hybridized carbons (Fsp3) is 0.125. The average Bonchev–Trinajstić information content (AvgIpc) is 3.07. The van der Waals surface area contributed by atoms with E-state index in [9.17, 15) is 15.2 Å². The van der Waals surface area contributed by atoms with Crippen LogP contribution in [0.25, 0.3) is 10.9 Å². The van der Waals surface area contributed by atoms with Gasteiger partial charge in [0.15, 0.2) is 5.88 Å². The molecule has 0 aliphatic heterocycles. The van der Waals surface area contributed by atoms with E-state index >= 15 is 0 Å². The van der Waals surface area contributed by atoms with Gasteiger partial charge in [-0.15, -0.1) is 0 Å². The van der Waals surface area contributed by atoms with Crippen molar-refractivity contribution in [1.82, 2.24) is 9.88 Å². The van der Waals surface area contributed by atoms with Gasteiger partial charge in [0.1, 0.15) is 0 Å². The number of benzene rings is 3. The first kappa shape index (κ1) is 21.5. The molecule has 0 unspecified atom stereocenters. The number of rotatable bonds is 6. The van der Waals surface area contributed by atoms with Crippen molar-refractivity contribution in [1.29, 1.82) is 0 Å². The van der Waals surface area contributed by atoms with E-state index in [1.54, 1.807) is 24.3 Å². The van der Waals surface area contributed by atoms with E-state index in [1.165, 1.54) is 12.1 Å². The van der Waals surface area contributed by atoms with Crippen LogP contribution in [0.2, 0.25) is 5.02 Å². The van der Waals surface area contributed by atoms with Crippen molar-refractivity contribution in [3.05, 3.63) is 98.6 Å². The summed E-state index contributed by atoms with van der Waals surface area (Å²) in [5, 5.41) is 23.1. The quantitative estimate of drug-likeness (QED) is 0.226. The molecule has 0 radical (unpaired) electrons. The van der Waals surface area contributed by atoms with Crippen LogP contribution in [0, 0.1) is 10.1 Å². The van der Waals surface area contributed by atoms with Gasteiger partial charge in [-0.1, -0.05) is 35.9 Å². The van der Waals surface area contributed by atoms with Gasteiger partial charge in [0.2, 0.25) is 0 Å². The molecule has 1 heterocycles. The van der Waals surface area contributed by atoms with Gasteiger partial charge in [0.25, 0.3) is 5.69 Å². The van der Waals surface area contributed by atoms with Gasteiger partial charge in [-0.3, -0.25) is 10.1 Å². The zero-order valence-corrected chi connectivity index (χ0v) is 18.3. The van der Waals surface area contributed by atoms with Gasteiger partial charge in [0.05, 0.1) is 21.9 Å². The third kappa shape index (κ3) is 4.49. The second-order valence-corrected chi connectivity index (χ2v) is 8.15. The van der Waals surface area contributed by atoms with Crippen LogP contribution in [0.5, 0.6) is 5.88 Å². The second kappa shape index (κ2) is 8.82. The summed E-state index contributed by atoms with van der Waals surface area (Å²) in [6.07, 6.45) is 0. The Balaban J connectivity index is 1.91. The molecule has 0 fully saturated rings. The number of aliphatic imine (C=N–C) groups is 1. The van der Waals surface area contributed by atoms with E-state index < -0.39 is 4.92 Å². The fourth-order valence-corrected chi connectivity index (χ4v) is 3.78. The van der Waals surface area contributed by atoms with Crippen molar-refractivity contribution in [2.75, 3.05) is 14.1 Å². The Morgan fingerprint density at radius 2 is 1.88 bits per heavy atom. The minimum absolute atomic E-state index is 0.0729. The number of halogens is 1. The second-order valence-electron chi connectivity index (χ2n) is 7.71. The van der Waals surface area contributed by atoms with Crippen LogP contribution in [0.1, 0.15) is 16.7 Å². The number of H-pyrrole nitrogens is 1. The summed E-state index contributed by atoms with van der Waals surface area (Å²) in [7, 11) is 4.00. The molecule has 32 heavy (non-hydrogen) atoms. The van der Waals surface area contributed by atoms with E-state index in [-0.39, 0.29) is 11.6 Å². The van der Waals surface area contributed by atoms with Gasteiger partial charge in [0, 0.05) is 40.2 Å². The zero-order chi connectivity index (χ0) is 22.8. The van der Waals surface area contributed by atoms with E-state index in [0.717, 1.165) is 12.1 Å². The van der Waals surface area contributed by atoms with Crippen LogP contribution in [0.3, 0.4) is 0 Å². The van der Waals surface area contributed by atoms with E-state index in [4.69, 9.17) is 16.6 Å². The summed E-state index contributed by atoms with van der Waals surface area (Å²) in [5.74, 6) is -0.122. The first-order valence-corrected chi connectivity index (χ1v) is 10.3. The van der Waals surface area contributed by atoms with E-state index in [1.807, 2.05) is 44.4 Å². The van der Waals surface area contributed by atoms with Gasteiger partial charge in [-0.2, -0.15) is 0 Å². The number of hydrogen-bond acceptors (Lipinski definition) is 5. The predicted molar refractivity (Wildman–Crippen MR) is 127 cm³/mol. The number of hydrogen-bond donors (Lipinski definition) is 2. The topological polar surface area (TPSA) is 94.8 Å². The summed E-state index contributed by atoms with van der Waals surface area (Å²) >= 11 is 6.23. The van der Waals surface area contributed by atoms with Crippen LogP contribution in [-0.2, 0) is 6.54 Å². The lowest BCUT2D eigenvalue weighted by molar-refractivity contribution is -0.384. The molecule has 1 aromatic heterocycles. The smallest absolute Gasteiger partial charge is 0.270 e. The van der Waals surface area contributed by atoms with Gasteiger partial charge >= 0.3 is 0 Å². The van der Waals surface area contributed by atoms with Gasteiger partial charge in [-0.05, 0) is 50.0 Å². The fourth-order valence-electron chi connectivity index (χ4n) is 3.59. The Kier molecular flexibility index (Phi) is 5.94. The molecule has 0 aliphatic rings.